The number of rotatable bonds is 5. The summed E-state index contributed by atoms with van der Waals surface area (Å²) in [6.45, 7) is 0. The van der Waals surface area contributed by atoms with E-state index in [0.29, 0.717) is 5.69 Å². The monoisotopic (exact) mass is 373 g/mol. The molecular formula is C16H10BrN2O4-. The summed E-state index contributed by atoms with van der Waals surface area (Å²) in [5, 5.41) is 28.5. The van der Waals surface area contributed by atoms with E-state index in [4.69, 9.17) is 5.11 Å². The second-order valence-electron chi connectivity index (χ2n) is 4.35. The van der Waals surface area contributed by atoms with Crippen molar-refractivity contribution >= 4 is 39.1 Å². The zero-order valence-electron chi connectivity index (χ0n) is 11.6. The number of carbonyl (C=O) groups excluding carboxylic acids is 1. The predicted octanol–water partition coefficient (Wildman–Crippen LogP) is 2.92. The van der Waals surface area contributed by atoms with Gasteiger partial charge in [0.2, 0.25) is 0 Å². The van der Waals surface area contributed by atoms with Gasteiger partial charge in [-0.05, 0) is 29.8 Å². The van der Waals surface area contributed by atoms with Gasteiger partial charge in [0.05, 0.1) is 5.69 Å². The number of halogens is 1. The molecule has 0 bridgehead atoms. The molecule has 1 N–H and O–H groups in total. The van der Waals surface area contributed by atoms with Gasteiger partial charge in [0, 0.05) is 4.47 Å². The highest BCUT2D eigenvalue weighted by molar-refractivity contribution is 9.10. The van der Waals surface area contributed by atoms with Crippen molar-refractivity contribution < 1.29 is 19.8 Å². The van der Waals surface area contributed by atoms with Crippen LogP contribution < -0.4 is 5.11 Å². The summed E-state index contributed by atoms with van der Waals surface area (Å²) in [5.74, 6) is -3.97. The van der Waals surface area contributed by atoms with Crippen LogP contribution in [0.5, 0.6) is 0 Å². The zero-order chi connectivity index (χ0) is 16.8. The Labute approximate surface area is 139 Å². The smallest absolute Gasteiger partial charge is 0.378 e. The fourth-order valence-electron chi connectivity index (χ4n) is 1.64. The number of carboxylic acids is 1. The Bertz CT molecular complexity index is 783. The van der Waals surface area contributed by atoms with E-state index in [1.54, 1.807) is 42.5 Å². The average Bonchev–Trinajstić information content (AvgIpc) is 2.56. The van der Waals surface area contributed by atoms with Crippen molar-refractivity contribution in [3.8, 4) is 0 Å². The first-order chi connectivity index (χ1) is 11.0. The molecule has 0 spiro atoms. The van der Waals surface area contributed by atoms with Crippen LogP contribution in [0.1, 0.15) is 5.56 Å². The Morgan fingerprint density at radius 2 is 1.61 bits per heavy atom. The average molecular weight is 374 g/mol. The highest BCUT2D eigenvalue weighted by Crippen LogP contribution is 2.20. The Hall–Kier alpha value is -2.80. The molecule has 2 aromatic rings. The second kappa shape index (κ2) is 7.46. The van der Waals surface area contributed by atoms with Gasteiger partial charge in [-0.15, -0.1) is 5.11 Å². The van der Waals surface area contributed by atoms with Crippen molar-refractivity contribution in [3.63, 3.8) is 0 Å². The van der Waals surface area contributed by atoms with E-state index in [9.17, 15) is 14.7 Å². The van der Waals surface area contributed by atoms with E-state index in [2.05, 4.69) is 26.2 Å². The third-order valence-electron chi connectivity index (χ3n) is 2.75. The van der Waals surface area contributed by atoms with Crippen LogP contribution >= 0.6 is 15.9 Å². The predicted molar refractivity (Wildman–Crippen MR) is 84.7 cm³/mol. The third kappa shape index (κ3) is 4.33. The quantitative estimate of drug-likeness (QED) is 0.376. The van der Waals surface area contributed by atoms with E-state index < -0.39 is 23.2 Å². The van der Waals surface area contributed by atoms with Crippen molar-refractivity contribution in [3.05, 3.63) is 70.3 Å². The standard InChI is InChI=1S/C16H11BrN2O4/c17-11-8-6-10(7-9-11)14(20)13(15(21)16(22)23)19-18-12-4-2-1-3-5-12/h1-9,20H,(H,22,23)/p-1/b14-13+,19-18?. The molecule has 0 aliphatic heterocycles. The van der Waals surface area contributed by atoms with Crippen LogP contribution in [0.25, 0.3) is 5.76 Å². The highest BCUT2D eigenvalue weighted by atomic mass is 79.9. The van der Waals surface area contributed by atoms with E-state index in [-0.39, 0.29) is 5.56 Å². The molecule has 0 saturated heterocycles. The van der Waals surface area contributed by atoms with Crippen molar-refractivity contribution in [2.75, 3.05) is 0 Å². The minimum Gasteiger partial charge on any atom is -0.870 e. The molecule has 0 amide bonds. The van der Waals surface area contributed by atoms with E-state index in [1.807, 2.05) is 0 Å². The van der Waals surface area contributed by atoms with Gasteiger partial charge in [-0.2, -0.15) is 5.11 Å². The van der Waals surface area contributed by atoms with E-state index >= 15 is 0 Å². The molecular weight excluding hydrogens is 364 g/mol. The first kappa shape index (κ1) is 16.6. The largest absolute Gasteiger partial charge is 0.870 e. The van der Waals surface area contributed by atoms with Gasteiger partial charge >= 0.3 is 5.97 Å². The van der Waals surface area contributed by atoms with Crippen LogP contribution in [0, 0.1) is 0 Å². The van der Waals surface area contributed by atoms with Crippen molar-refractivity contribution in [2.24, 2.45) is 10.2 Å². The van der Waals surface area contributed by atoms with E-state index in [1.165, 1.54) is 12.1 Å². The number of Topliss-reactive ketones (excluding diaryl/α,β-unsaturated/α-hetero) is 1. The van der Waals surface area contributed by atoms with Gasteiger partial charge in [0.1, 0.15) is 5.70 Å². The van der Waals surface area contributed by atoms with Crippen molar-refractivity contribution in [2.45, 2.75) is 0 Å². The van der Waals surface area contributed by atoms with Gasteiger partial charge in [-0.3, -0.25) is 4.79 Å². The lowest BCUT2D eigenvalue weighted by molar-refractivity contribution is -0.245. The molecule has 23 heavy (non-hydrogen) atoms. The fourth-order valence-corrected chi connectivity index (χ4v) is 1.90. The molecule has 7 heteroatoms. The maximum atomic E-state index is 12.3. The summed E-state index contributed by atoms with van der Waals surface area (Å²) in [7, 11) is 0. The van der Waals surface area contributed by atoms with Crippen molar-refractivity contribution in [1.29, 1.82) is 0 Å². The Morgan fingerprint density at radius 3 is 2.17 bits per heavy atom. The fraction of sp³-hybridized carbons (Fsp3) is 0. The first-order valence-electron chi connectivity index (χ1n) is 6.40. The number of benzene rings is 2. The van der Waals surface area contributed by atoms with Crippen LogP contribution in [0.3, 0.4) is 0 Å². The Morgan fingerprint density at radius 1 is 1.00 bits per heavy atom. The summed E-state index contributed by atoms with van der Waals surface area (Å²) in [6.07, 6.45) is 0. The molecule has 2 rings (SSSR count). The number of aliphatic carboxylic acids is 1. The molecule has 0 heterocycles. The minimum atomic E-state index is -1.77. The molecule has 2 aromatic carbocycles. The minimum absolute atomic E-state index is 0.143. The Kier molecular flexibility index (Phi) is 5.37. The number of hydrogen-bond acceptors (Lipinski definition) is 5. The highest BCUT2D eigenvalue weighted by Gasteiger charge is 2.19. The molecule has 0 unspecified atom stereocenters. The molecule has 0 aliphatic rings. The van der Waals surface area contributed by atoms with Crippen LogP contribution in [-0.4, -0.2) is 16.9 Å². The van der Waals surface area contributed by atoms with Crippen molar-refractivity contribution in [1.82, 2.24) is 0 Å². The lowest BCUT2D eigenvalue weighted by Gasteiger charge is -2.14. The maximum Gasteiger partial charge on any atom is 0.378 e. The van der Waals surface area contributed by atoms with Gasteiger partial charge in [0.15, 0.2) is 0 Å². The molecule has 6 nitrogen and oxygen atoms in total. The molecule has 0 radical (unpaired) electrons. The first-order valence-corrected chi connectivity index (χ1v) is 7.20. The summed E-state index contributed by atoms with van der Waals surface area (Å²) in [5.41, 5.74) is -0.208. The Balaban J connectivity index is 2.47. The number of ketones is 1. The zero-order valence-corrected chi connectivity index (χ0v) is 13.2. The normalized spacial score (nSPS) is 12.0. The molecule has 116 valence electrons. The molecule has 0 fully saturated rings. The topological polar surface area (TPSA) is 102 Å². The summed E-state index contributed by atoms with van der Waals surface area (Å²) in [6, 6.07) is 14.5. The second-order valence-corrected chi connectivity index (χ2v) is 5.27. The van der Waals surface area contributed by atoms with Gasteiger partial charge in [-0.25, -0.2) is 4.79 Å². The summed E-state index contributed by atoms with van der Waals surface area (Å²) < 4.78 is 0.742. The number of nitrogens with zero attached hydrogens (tertiary/aromatic N) is 2. The number of hydrogen-bond donors (Lipinski definition) is 1. The number of carbonyl (C=O) groups is 2. The van der Waals surface area contributed by atoms with Crippen LogP contribution in [-0.2, 0) is 9.59 Å². The van der Waals surface area contributed by atoms with Gasteiger partial charge in [-0.1, -0.05) is 52.0 Å². The molecule has 0 saturated carbocycles. The molecule has 0 atom stereocenters. The SMILES string of the molecule is O=C(O)C(=O)/C(N=Nc1ccccc1)=C(\[O-])c1ccc(Br)cc1. The molecule has 0 aliphatic carbocycles. The van der Waals surface area contributed by atoms with Gasteiger partial charge in [0.25, 0.3) is 5.78 Å². The van der Waals surface area contributed by atoms with Crippen LogP contribution in [0.4, 0.5) is 5.69 Å². The summed E-state index contributed by atoms with van der Waals surface area (Å²) >= 11 is 3.22. The maximum absolute atomic E-state index is 12.3. The lowest BCUT2D eigenvalue weighted by atomic mass is 10.1. The number of carboxylic acid groups (broad SMARTS) is 1. The lowest BCUT2D eigenvalue weighted by Crippen LogP contribution is -2.19. The van der Waals surface area contributed by atoms with E-state index in [0.717, 1.165) is 4.47 Å². The van der Waals surface area contributed by atoms with Gasteiger partial charge < -0.3 is 10.2 Å². The van der Waals surface area contributed by atoms with Crippen LogP contribution in [0.15, 0.2) is 75.0 Å². The third-order valence-corrected chi connectivity index (χ3v) is 3.28. The molecule has 0 aromatic heterocycles. The summed E-state index contributed by atoms with van der Waals surface area (Å²) in [4.78, 5) is 22.6. The number of azo groups is 1. The van der Waals surface area contributed by atoms with Crippen LogP contribution in [0.2, 0.25) is 0 Å².